The fraction of sp³-hybridized carbons (Fsp3) is 0.733. The molecule has 0 spiro atoms. The van der Waals surface area contributed by atoms with Crippen molar-refractivity contribution in [2.24, 2.45) is 5.92 Å². The van der Waals surface area contributed by atoms with Crippen molar-refractivity contribution >= 4 is 0 Å². The predicted molar refractivity (Wildman–Crippen MR) is 79.4 cm³/mol. The zero-order valence-corrected chi connectivity index (χ0v) is 13.2. The SMILES string of the molecule is Cc1noc([C@H](C)N2CCN(C[C@@H](C#N)CCC#N)CC2)n1. The van der Waals surface area contributed by atoms with Gasteiger partial charge in [-0.05, 0) is 20.3 Å². The average Bonchev–Trinajstić information content (AvgIpc) is 2.98. The minimum Gasteiger partial charge on any atom is -0.338 e. The number of hydrogen-bond donors (Lipinski definition) is 0. The number of rotatable bonds is 6. The van der Waals surface area contributed by atoms with Crippen LogP contribution in [0.5, 0.6) is 0 Å². The summed E-state index contributed by atoms with van der Waals surface area (Å²) in [4.78, 5) is 8.91. The van der Waals surface area contributed by atoms with Gasteiger partial charge in [0, 0.05) is 39.1 Å². The van der Waals surface area contributed by atoms with E-state index in [-0.39, 0.29) is 12.0 Å². The van der Waals surface area contributed by atoms with Crippen LogP contribution >= 0.6 is 0 Å². The second-order valence-corrected chi connectivity index (χ2v) is 5.72. The summed E-state index contributed by atoms with van der Waals surface area (Å²) >= 11 is 0. The Bertz CT molecular complexity index is 549. The number of piperazine rings is 1. The molecule has 1 fully saturated rings. The van der Waals surface area contributed by atoms with Crippen LogP contribution in [0.4, 0.5) is 0 Å². The molecule has 2 heterocycles. The molecule has 0 aromatic carbocycles. The second kappa shape index (κ2) is 7.88. The molecule has 0 saturated carbocycles. The highest BCUT2D eigenvalue weighted by Gasteiger charge is 2.26. The lowest BCUT2D eigenvalue weighted by atomic mass is 10.0. The summed E-state index contributed by atoms with van der Waals surface area (Å²) in [7, 11) is 0. The maximum absolute atomic E-state index is 9.15. The summed E-state index contributed by atoms with van der Waals surface area (Å²) in [6.07, 6.45) is 1.11. The predicted octanol–water partition coefficient (Wildman–Crippen LogP) is 1.50. The Morgan fingerprint density at radius 1 is 1.27 bits per heavy atom. The smallest absolute Gasteiger partial charge is 0.243 e. The summed E-state index contributed by atoms with van der Waals surface area (Å²) in [5.74, 6) is 1.27. The lowest BCUT2D eigenvalue weighted by Gasteiger charge is -2.37. The van der Waals surface area contributed by atoms with Crippen LogP contribution in [0.15, 0.2) is 4.52 Å². The second-order valence-electron chi connectivity index (χ2n) is 5.72. The van der Waals surface area contributed by atoms with Crippen molar-refractivity contribution in [2.75, 3.05) is 32.7 Å². The van der Waals surface area contributed by atoms with Crippen molar-refractivity contribution in [1.29, 1.82) is 10.5 Å². The first-order chi connectivity index (χ1) is 10.6. The Hall–Kier alpha value is -1.96. The van der Waals surface area contributed by atoms with Gasteiger partial charge in [-0.1, -0.05) is 5.16 Å². The van der Waals surface area contributed by atoms with E-state index in [1.54, 1.807) is 0 Å². The van der Waals surface area contributed by atoms with E-state index >= 15 is 0 Å². The van der Waals surface area contributed by atoms with Crippen molar-refractivity contribution in [3.05, 3.63) is 11.7 Å². The standard InChI is InChI=1S/C15H22N6O/c1-12(15-18-13(2)19-22-15)21-8-6-20(7-9-21)11-14(10-17)4-3-5-16/h12,14H,3-4,6-9,11H2,1-2H3/t12-,14+/m0/s1. The van der Waals surface area contributed by atoms with Crippen molar-refractivity contribution < 1.29 is 4.52 Å². The van der Waals surface area contributed by atoms with E-state index in [0.29, 0.717) is 24.6 Å². The summed E-state index contributed by atoms with van der Waals surface area (Å²) < 4.78 is 5.24. The maximum atomic E-state index is 9.15. The van der Waals surface area contributed by atoms with Gasteiger partial charge >= 0.3 is 0 Å². The Morgan fingerprint density at radius 2 is 2.00 bits per heavy atom. The fourth-order valence-corrected chi connectivity index (χ4v) is 2.72. The van der Waals surface area contributed by atoms with E-state index in [0.717, 1.165) is 32.7 Å². The summed E-state index contributed by atoms with van der Waals surface area (Å²) in [5, 5.41) is 21.6. The van der Waals surface area contributed by atoms with Crippen LogP contribution in [0.1, 0.15) is 37.5 Å². The highest BCUT2D eigenvalue weighted by atomic mass is 16.5. The number of nitrogens with zero attached hydrogens (tertiary/aromatic N) is 6. The molecule has 0 unspecified atom stereocenters. The molecule has 0 bridgehead atoms. The maximum Gasteiger partial charge on any atom is 0.243 e. The Balaban J connectivity index is 1.80. The van der Waals surface area contributed by atoms with Crippen LogP contribution in [-0.4, -0.2) is 52.7 Å². The number of hydrogen-bond acceptors (Lipinski definition) is 7. The van der Waals surface area contributed by atoms with E-state index in [2.05, 4.69) is 39.0 Å². The van der Waals surface area contributed by atoms with E-state index in [4.69, 9.17) is 15.0 Å². The van der Waals surface area contributed by atoms with Crippen molar-refractivity contribution in [2.45, 2.75) is 32.7 Å². The van der Waals surface area contributed by atoms with Gasteiger partial charge in [-0.25, -0.2) is 0 Å². The van der Waals surface area contributed by atoms with Crippen LogP contribution < -0.4 is 0 Å². The molecule has 0 radical (unpaired) electrons. The third-order valence-corrected chi connectivity index (χ3v) is 4.12. The van der Waals surface area contributed by atoms with Gasteiger partial charge in [0.05, 0.1) is 24.1 Å². The van der Waals surface area contributed by atoms with Gasteiger partial charge < -0.3 is 4.52 Å². The molecule has 1 aromatic rings. The van der Waals surface area contributed by atoms with E-state index < -0.39 is 0 Å². The van der Waals surface area contributed by atoms with Gasteiger partial charge in [0.1, 0.15) is 0 Å². The zero-order valence-electron chi connectivity index (χ0n) is 13.2. The first kappa shape index (κ1) is 16.4. The summed E-state index contributed by atoms with van der Waals surface area (Å²) in [6.45, 7) is 8.32. The van der Waals surface area contributed by atoms with Gasteiger partial charge in [-0.3, -0.25) is 9.80 Å². The molecule has 7 heteroatoms. The molecule has 1 aliphatic heterocycles. The molecule has 118 valence electrons. The van der Waals surface area contributed by atoms with E-state index in [9.17, 15) is 0 Å². The van der Waals surface area contributed by atoms with Crippen molar-refractivity contribution in [3.8, 4) is 12.1 Å². The molecule has 1 saturated heterocycles. The molecule has 7 nitrogen and oxygen atoms in total. The molecular formula is C15H22N6O. The van der Waals surface area contributed by atoms with Crippen LogP contribution in [-0.2, 0) is 0 Å². The fourth-order valence-electron chi connectivity index (χ4n) is 2.72. The van der Waals surface area contributed by atoms with Gasteiger partial charge in [-0.2, -0.15) is 15.5 Å². The number of nitriles is 2. The van der Waals surface area contributed by atoms with E-state index in [1.165, 1.54) is 0 Å². The normalized spacial score (nSPS) is 19.3. The van der Waals surface area contributed by atoms with Crippen molar-refractivity contribution in [3.63, 3.8) is 0 Å². The molecule has 22 heavy (non-hydrogen) atoms. The zero-order chi connectivity index (χ0) is 15.9. The molecule has 2 atom stereocenters. The number of aromatic nitrogens is 2. The summed E-state index contributed by atoms with van der Waals surface area (Å²) in [6, 6.07) is 4.54. The molecule has 1 aliphatic rings. The molecule has 2 rings (SSSR count). The monoisotopic (exact) mass is 302 g/mol. The van der Waals surface area contributed by atoms with E-state index in [1.807, 2.05) is 6.92 Å². The van der Waals surface area contributed by atoms with Gasteiger partial charge in [0.15, 0.2) is 5.82 Å². The Morgan fingerprint density at radius 3 is 2.55 bits per heavy atom. The van der Waals surface area contributed by atoms with Crippen LogP contribution in [0.2, 0.25) is 0 Å². The van der Waals surface area contributed by atoms with Crippen molar-refractivity contribution in [1.82, 2.24) is 19.9 Å². The Labute approximate surface area is 131 Å². The minimum atomic E-state index is -0.0535. The molecule has 1 aromatic heterocycles. The van der Waals surface area contributed by atoms with Crippen LogP contribution in [0.3, 0.4) is 0 Å². The lowest BCUT2D eigenvalue weighted by molar-refractivity contribution is 0.0828. The van der Waals surface area contributed by atoms with Crippen LogP contribution in [0, 0.1) is 35.5 Å². The third kappa shape index (κ3) is 4.27. The highest BCUT2D eigenvalue weighted by molar-refractivity contribution is 4.93. The molecule has 0 N–H and O–H groups in total. The quantitative estimate of drug-likeness (QED) is 0.786. The van der Waals surface area contributed by atoms with Gasteiger partial charge in [0.2, 0.25) is 5.89 Å². The molecule has 0 amide bonds. The van der Waals surface area contributed by atoms with Gasteiger partial charge in [0.25, 0.3) is 0 Å². The lowest BCUT2D eigenvalue weighted by Crippen LogP contribution is -2.48. The molecule has 0 aliphatic carbocycles. The van der Waals surface area contributed by atoms with Gasteiger partial charge in [-0.15, -0.1) is 0 Å². The minimum absolute atomic E-state index is 0.0535. The average molecular weight is 302 g/mol. The highest BCUT2D eigenvalue weighted by Crippen LogP contribution is 2.20. The molecular weight excluding hydrogens is 280 g/mol. The first-order valence-electron chi connectivity index (χ1n) is 7.67. The number of aryl methyl sites for hydroxylation is 1. The largest absolute Gasteiger partial charge is 0.338 e. The third-order valence-electron chi connectivity index (χ3n) is 4.12. The first-order valence-corrected chi connectivity index (χ1v) is 7.67. The Kier molecular flexibility index (Phi) is 5.88. The van der Waals surface area contributed by atoms with Crippen LogP contribution in [0.25, 0.3) is 0 Å². The topological polar surface area (TPSA) is 93.0 Å². The summed E-state index contributed by atoms with van der Waals surface area (Å²) in [5.41, 5.74) is 0.